The summed E-state index contributed by atoms with van der Waals surface area (Å²) in [7, 11) is 0. The van der Waals surface area contributed by atoms with Gasteiger partial charge in [-0.2, -0.15) is 0 Å². The monoisotopic (exact) mass is 227 g/mol. The van der Waals surface area contributed by atoms with Gasteiger partial charge in [0.05, 0.1) is 6.42 Å². The van der Waals surface area contributed by atoms with Crippen molar-refractivity contribution < 1.29 is 14.7 Å². The van der Waals surface area contributed by atoms with E-state index in [0.29, 0.717) is 12.3 Å². The van der Waals surface area contributed by atoms with E-state index in [-0.39, 0.29) is 12.3 Å². The number of rotatable bonds is 5. The van der Waals surface area contributed by atoms with Gasteiger partial charge in [-0.05, 0) is 32.6 Å². The summed E-state index contributed by atoms with van der Waals surface area (Å²) < 4.78 is 0. The molecule has 0 aromatic carbocycles. The second-order valence-corrected chi connectivity index (χ2v) is 5.36. The van der Waals surface area contributed by atoms with Crippen LogP contribution in [0.3, 0.4) is 0 Å². The van der Waals surface area contributed by atoms with E-state index in [1.165, 1.54) is 12.8 Å². The summed E-state index contributed by atoms with van der Waals surface area (Å²) in [5.41, 5.74) is -0.651. The van der Waals surface area contributed by atoms with Crippen LogP contribution in [0.5, 0.6) is 0 Å². The zero-order valence-electron chi connectivity index (χ0n) is 10.1. The minimum atomic E-state index is -0.883. The number of carboxylic acids is 1. The van der Waals surface area contributed by atoms with Gasteiger partial charge in [0.2, 0.25) is 5.91 Å². The number of aliphatic carboxylic acids is 1. The van der Waals surface area contributed by atoms with Gasteiger partial charge < -0.3 is 10.4 Å². The van der Waals surface area contributed by atoms with Crippen LogP contribution in [0.1, 0.15) is 52.4 Å². The molecule has 0 heterocycles. The summed E-state index contributed by atoms with van der Waals surface area (Å²) in [5.74, 6) is -0.398. The number of nitrogens with one attached hydrogen (secondary N) is 1. The molecule has 4 heteroatoms. The molecule has 0 spiro atoms. The molecule has 1 aliphatic rings. The van der Waals surface area contributed by atoms with Crippen molar-refractivity contribution in [3.63, 3.8) is 0 Å². The molecule has 0 radical (unpaired) electrons. The lowest BCUT2D eigenvalue weighted by molar-refractivity contribution is -0.138. The van der Waals surface area contributed by atoms with Crippen molar-refractivity contribution in [1.82, 2.24) is 5.32 Å². The standard InChI is InChI=1S/C12H21NO3/c1-12(2,8-11(15)16)13-10(14)7-9-5-3-4-6-9/h9H,3-8H2,1-2H3,(H,13,14)(H,15,16). The second kappa shape index (κ2) is 5.32. The van der Waals surface area contributed by atoms with Gasteiger partial charge in [-0.3, -0.25) is 9.59 Å². The first-order valence-electron chi connectivity index (χ1n) is 5.92. The summed E-state index contributed by atoms with van der Waals surface area (Å²) >= 11 is 0. The molecule has 1 saturated carbocycles. The van der Waals surface area contributed by atoms with Gasteiger partial charge in [-0.15, -0.1) is 0 Å². The number of carbonyl (C=O) groups excluding carboxylic acids is 1. The SMILES string of the molecule is CC(C)(CC(=O)O)NC(=O)CC1CCCC1. The molecule has 0 aromatic heterocycles. The fourth-order valence-corrected chi connectivity index (χ4v) is 2.33. The van der Waals surface area contributed by atoms with E-state index in [4.69, 9.17) is 5.11 Å². The average Bonchev–Trinajstić information content (AvgIpc) is 2.51. The summed E-state index contributed by atoms with van der Waals surface area (Å²) in [5, 5.41) is 11.5. The molecule has 92 valence electrons. The summed E-state index contributed by atoms with van der Waals surface area (Å²) in [6.45, 7) is 3.49. The molecular weight excluding hydrogens is 206 g/mol. The Kier molecular flexibility index (Phi) is 4.33. The number of hydrogen-bond donors (Lipinski definition) is 2. The van der Waals surface area contributed by atoms with Crippen molar-refractivity contribution in [2.45, 2.75) is 57.9 Å². The molecule has 0 saturated heterocycles. The Morgan fingerprint density at radius 2 is 1.88 bits per heavy atom. The molecule has 0 bridgehead atoms. The normalized spacial score (nSPS) is 17.4. The average molecular weight is 227 g/mol. The Balaban J connectivity index is 2.34. The van der Waals surface area contributed by atoms with Gasteiger partial charge in [0.25, 0.3) is 0 Å². The van der Waals surface area contributed by atoms with E-state index in [9.17, 15) is 9.59 Å². The Morgan fingerprint density at radius 1 is 1.31 bits per heavy atom. The van der Waals surface area contributed by atoms with Crippen molar-refractivity contribution in [3.05, 3.63) is 0 Å². The smallest absolute Gasteiger partial charge is 0.305 e. The number of carbonyl (C=O) groups is 2. The Hall–Kier alpha value is -1.06. The Morgan fingerprint density at radius 3 is 2.38 bits per heavy atom. The highest BCUT2D eigenvalue weighted by Crippen LogP contribution is 2.27. The molecule has 0 atom stereocenters. The summed E-state index contributed by atoms with van der Waals surface area (Å²) in [4.78, 5) is 22.3. The minimum Gasteiger partial charge on any atom is -0.481 e. The van der Waals surface area contributed by atoms with Crippen molar-refractivity contribution >= 4 is 11.9 Å². The van der Waals surface area contributed by atoms with E-state index < -0.39 is 11.5 Å². The molecule has 1 fully saturated rings. The van der Waals surface area contributed by atoms with Gasteiger partial charge in [0, 0.05) is 12.0 Å². The van der Waals surface area contributed by atoms with Crippen LogP contribution in [-0.2, 0) is 9.59 Å². The summed E-state index contributed by atoms with van der Waals surface area (Å²) in [6.07, 6.45) is 5.21. The van der Waals surface area contributed by atoms with Crippen molar-refractivity contribution in [3.8, 4) is 0 Å². The molecule has 4 nitrogen and oxygen atoms in total. The quantitative estimate of drug-likeness (QED) is 0.754. The highest BCUT2D eigenvalue weighted by Gasteiger charge is 2.25. The molecule has 1 amide bonds. The second-order valence-electron chi connectivity index (χ2n) is 5.36. The lowest BCUT2D eigenvalue weighted by atomic mass is 9.98. The predicted octanol–water partition coefficient (Wildman–Crippen LogP) is 1.94. The van der Waals surface area contributed by atoms with E-state index in [0.717, 1.165) is 12.8 Å². The number of hydrogen-bond acceptors (Lipinski definition) is 2. The van der Waals surface area contributed by atoms with Crippen LogP contribution in [0.25, 0.3) is 0 Å². The lowest BCUT2D eigenvalue weighted by Gasteiger charge is -2.25. The number of amides is 1. The predicted molar refractivity (Wildman–Crippen MR) is 61.0 cm³/mol. The van der Waals surface area contributed by atoms with Crippen LogP contribution in [0.2, 0.25) is 0 Å². The highest BCUT2D eigenvalue weighted by molar-refractivity contribution is 5.78. The van der Waals surface area contributed by atoms with Gasteiger partial charge in [0.15, 0.2) is 0 Å². The lowest BCUT2D eigenvalue weighted by Crippen LogP contribution is -2.45. The van der Waals surface area contributed by atoms with Gasteiger partial charge in [-0.25, -0.2) is 0 Å². The third kappa shape index (κ3) is 4.64. The van der Waals surface area contributed by atoms with Crippen molar-refractivity contribution in [2.24, 2.45) is 5.92 Å². The zero-order chi connectivity index (χ0) is 12.2. The summed E-state index contributed by atoms with van der Waals surface area (Å²) in [6, 6.07) is 0. The Bertz CT molecular complexity index is 267. The van der Waals surface area contributed by atoms with Crippen LogP contribution >= 0.6 is 0 Å². The topological polar surface area (TPSA) is 66.4 Å². The van der Waals surface area contributed by atoms with Crippen LogP contribution in [-0.4, -0.2) is 22.5 Å². The highest BCUT2D eigenvalue weighted by atomic mass is 16.4. The minimum absolute atomic E-state index is 0.0156. The zero-order valence-corrected chi connectivity index (χ0v) is 10.1. The first-order valence-corrected chi connectivity index (χ1v) is 5.92. The third-order valence-corrected chi connectivity index (χ3v) is 3.02. The molecular formula is C12H21NO3. The first kappa shape index (κ1) is 13.0. The fraction of sp³-hybridized carbons (Fsp3) is 0.833. The van der Waals surface area contributed by atoms with Crippen LogP contribution < -0.4 is 5.32 Å². The number of carboxylic acid groups (broad SMARTS) is 1. The molecule has 0 unspecified atom stereocenters. The molecule has 16 heavy (non-hydrogen) atoms. The largest absolute Gasteiger partial charge is 0.481 e. The fourth-order valence-electron chi connectivity index (χ4n) is 2.33. The van der Waals surface area contributed by atoms with Crippen LogP contribution in [0.15, 0.2) is 0 Å². The maximum Gasteiger partial charge on any atom is 0.305 e. The Labute approximate surface area is 96.4 Å². The molecule has 0 aliphatic heterocycles. The third-order valence-electron chi connectivity index (χ3n) is 3.02. The van der Waals surface area contributed by atoms with E-state index in [1.807, 2.05) is 0 Å². The van der Waals surface area contributed by atoms with Crippen LogP contribution in [0, 0.1) is 5.92 Å². The molecule has 1 aliphatic carbocycles. The van der Waals surface area contributed by atoms with Crippen molar-refractivity contribution in [1.29, 1.82) is 0 Å². The van der Waals surface area contributed by atoms with Crippen LogP contribution in [0.4, 0.5) is 0 Å². The molecule has 1 rings (SSSR count). The van der Waals surface area contributed by atoms with Gasteiger partial charge in [-0.1, -0.05) is 12.8 Å². The van der Waals surface area contributed by atoms with E-state index in [2.05, 4.69) is 5.32 Å². The van der Waals surface area contributed by atoms with E-state index in [1.54, 1.807) is 13.8 Å². The first-order chi connectivity index (χ1) is 7.39. The maximum atomic E-state index is 11.7. The molecule has 2 N–H and O–H groups in total. The maximum absolute atomic E-state index is 11.7. The van der Waals surface area contributed by atoms with Gasteiger partial charge in [0.1, 0.15) is 0 Å². The molecule has 0 aromatic rings. The van der Waals surface area contributed by atoms with Crippen molar-refractivity contribution in [2.75, 3.05) is 0 Å². The van der Waals surface area contributed by atoms with E-state index >= 15 is 0 Å². The van der Waals surface area contributed by atoms with Gasteiger partial charge >= 0.3 is 5.97 Å².